The molecule has 0 aromatic carbocycles. The van der Waals surface area contributed by atoms with Gasteiger partial charge in [-0.2, -0.15) is 0 Å². The van der Waals surface area contributed by atoms with Crippen LogP contribution in [0.5, 0.6) is 0 Å². The van der Waals surface area contributed by atoms with Crippen molar-refractivity contribution in [3.8, 4) is 0 Å². The second-order valence-electron chi connectivity index (χ2n) is 7.45. The average molecular weight is 393 g/mol. The molecule has 0 spiro atoms. The van der Waals surface area contributed by atoms with Crippen molar-refractivity contribution in [2.24, 2.45) is 5.92 Å². The maximum Gasteiger partial charge on any atom is 0.120 e. The molecule has 0 aromatic heterocycles. The highest BCUT2D eigenvalue weighted by molar-refractivity contribution is 7.99. The summed E-state index contributed by atoms with van der Waals surface area (Å²) in [5.74, 6) is -0.0566. The summed E-state index contributed by atoms with van der Waals surface area (Å²) in [5, 5.41) is 0. The van der Waals surface area contributed by atoms with Crippen LogP contribution in [-0.4, -0.2) is 99.5 Å². The summed E-state index contributed by atoms with van der Waals surface area (Å²) in [6.45, 7) is 10.5. The van der Waals surface area contributed by atoms with Crippen LogP contribution in [0, 0.1) is 5.92 Å². The molecule has 2 fully saturated rings. The van der Waals surface area contributed by atoms with E-state index in [0.717, 1.165) is 45.6 Å². The molecule has 26 heavy (non-hydrogen) atoms. The number of thioether (sulfide) groups is 1. The van der Waals surface area contributed by atoms with Crippen molar-refractivity contribution >= 4 is 11.8 Å². The van der Waals surface area contributed by atoms with Crippen molar-refractivity contribution in [1.82, 2.24) is 9.80 Å². The lowest BCUT2D eigenvalue weighted by Gasteiger charge is -2.25. The van der Waals surface area contributed by atoms with Gasteiger partial charge in [0.15, 0.2) is 0 Å². The van der Waals surface area contributed by atoms with Gasteiger partial charge in [-0.15, -0.1) is 11.8 Å². The molecule has 5 atom stereocenters. The monoisotopic (exact) mass is 392 g/mol. The minimum atomic E-state index is -0.819. The molecule has 0 aliphatic carbocycles. The Morgan fingerprint density at radius 3 is 2.50 bits per heavy atom. The standard InChI is InChI=1S/C19H37FN2O3S/c1-5-15(2)24-10-9-22-13-17(18(20)14-22)19(26-4)25-11-8-21-7-6-16(12-21)23-3/h15-19H,5-14H2,1-4H3. The largest absolute Gasteiger partial charge is 0.380 e. The van der Waals surface area contributed by atoms with Gasteiger partial charge in [-0.1, -0.05) is 6.92 Å². The van der Waals surface area contributed by atoms with E-state index in [4.69, 9.17) is 14.2 Å². The summed E-state index contributed by atoms with van der Waals surface area (Å²) < 4.78 is 31.8. The van der Waals surface area contributed by atoms with E-state index >= 15 is 0 Å². The summed E-state index contributed by atoms with van der Waals surface area (Å²) in [5.41, 5.74) is -0.0775. The number of alkyl halides is 1. The minimum Gasteiger partial charge on any atom is -0.380 e. The van der Waals surface area contributed by atoms with Crippen molar-refractivity contribution in [3.63, 3.8) is 0 Å². The predicted octanol–water partition coefficient (Wildman–Crippen LogP) is 2.50. The second-order valence-corrected chi connectivity index (χ2v) is 8.39. The van der Waals surface area contributed by atoms with E-state index in [1.807, 2.05) is 6.26 Å². The van der Waals surface area contributed by atoms with Crippen molar-refractivity contribution in [1.29, 1.82) is 0 Å². The fraction of sp³-hybridized carbons (Fsp3) is 1.00. The molecular formula is C19H37FN2O3S. The first kappa shape index (κ1) is 22.4. The van der Waals surface area contributed by atoms with Crippen molar-refractivity contribution in [2.75, 3.05) is 65.8 Å². The van der Waals surface area contributed by atoms with Crippen LogP contribution >= 0.6 is 11.8 Å². The summed E-state index contributed by atoms with van der Waals surface area (Å²) in [4.78, 5) is 4.54. The number of halogens is 1. The molecule has 2 aliphatic rings. The molecule has 0 aromatic rings. The zero-order valence-corrected chi connectivity index (χ0v) is 17.7. The molecule has 2 aliphatic heterocycles. The SMILES string of the molecule is CCC(C)OCCN1CC(F)C(C(OCCN2CCC(OC)C2)SC)C1. The van der Waals surface area contributed by atoms with Crippen molar-refractivity contribution in [3.05, 3.63) is 0 Å². The van der Waals surface area contributed by atoms with Crippen LogP contribution in [0.1, 0.15) is 26.7 Å². The third-order valence-corrected chi connectivity index (χ3v) is 6.54. The smallest absolute Gasteiger partial charge is 0.120 e. The number of hydrogen-bond donors (Lipinski definition) is 0. The highest BCUT2D eigenvalue weighted by Crippen LogP contribution is 2.30. The van der Waals surface area contributed by atoms with Crippen LogP contribution in [-0.2, 0) is 14.2 Å². The highest BCUT2D eigenvalue weighted by atomic mass is 32.2. The minimum absolute atomic E-state index is 0.0566. The Bertz CT molecular complexity index is 394. The Labute approximate surface area is 162 Å². The van der Waals surface area contributed by atoms with Gasteiger partial charge < -0.3 is 14.2 Å². The van der Waals surface area contributed by atoms with E-state index in [9.17, 15) is 4.39 Å². The van der Waals surface area contributed by atoms with Crippen molar-refractivity contribution in [2.45, 2.75) is 50.5 Å². The van der Waals surface area contributed by atoms with Gasteiger partial charge in [0.25, 0.3) is 0 Å². The molecule has 0 N–H and O–H groups in total. The number of hydrogen-bond acceptors (Lipinski definition) is 6. The van der Waals surface area contributed by atoms with E-state index in [1.54, 1.807) is 18.9 Å². The second kappa shape index (κ2) is 11.8. The maximum absolute atomic E-state index is 14.5. The molecule has 0 radical (unpaired) electrons. The van der Waals surface area contributed by atoms with Crippen LogP contribution in [0.2, 0.25) is 0 Å². The normalized spacial score (nSPS) is 30.1. The molecule has 7 heteroatoms. The number of nitrogens with zero attached hydrogens (tertiary/aromatic N) is 2. The topological polar surface area (TPSA) is 34.2 Å². The quantitative estimate of drug-likeness (QED) is 0.475. The van der Waals surface area contributed by atoms with E-state index in [-0.39, 0.29) is 17.5 Å². The Hall–Kier alpha value is 0.0800. The van der Waals surface area contributed by atoms with E-state index in [2.05, 4.69) is 23.6 Å². The van der Waals surface area contributed by atoms with E-state index < -0.39 is 6.17 Å². The van der Waals surface area contributed by atoms with Gasteiger partial charge in [-0.25, -0.2) is 4.39 Å². The summed E-state index contributed by atoms with van der Waals surface area (Å²) >= 11 is 1.63. The van der Waals surface area contributed by atoms with Gasteiger partial charge in [-0.05, 0) is 26.0 Å². The van der Waals surface area contributed by atoms with E-state index in [1.165, 1.54) is 0 Å². The molecule has 0 bridgehead atoms. The molecule has 2 saturated heterocycles. The Balaban J connectivity index is 1.68. The number of likely N-dealkylation sites (tertiary alicyclic amines) is 2. The predicted molar refractivity (Wildman–Crippen MR) is 106 cm³/mol. The fourth-order valence-electron chi connectivity index (χ4n) is 3.67. The first-order valence-electron chi connectivity index (χ1n) is 9.94. The molecular weight excluding hydrogens is 355 g/mol. The number of ether oxygens (including phenoxy) is 3. The molecule has 2 heterocycles. The lowest BCUT2D eigenvalue weighted by atomic mass is 10.1. The molecule has 154 valence electrons. The zero-order valence-electron chi connectivity index (χ0n) is 16.9. The lowest BCUT2D eigenvalue weighted by Crippen LogP contribution is -2.33. The van der Waals surface area contributed by atoms with Gasteiger partial charge in [0.2, 0.25) is 0 Å². The maximum atomic E-state index is 14.5. The fourth-order valence-corrected chi connectivity index (χ4v) is 4.50. The van der Waals surface area contributed by atoms with Crippen LogP contribution in [0.25, 0.3) is 0 Å². The van der Waals surface area contributed by atoms with Crippen LogP contribution in [0.3, 0.4) is 0 Å². The number of methoxy groups -OCH3 is 1. The van der Waals surface area contributed by atoms with Gasteiger partial charge in [0.05, 0.1) is 25.4 Å². The molecule has 0 amide bonds. The van der Waals surface area contributed by atoms with Crippen LogP contribution in [0.4, 0.5) is 4.39 Å². The molecule has 5 nitrogen and oxygen atoms in total. The molecule has 0 saturated carbocycles. The summed E-state index contributed by atoms with van der Waals surface area (Å²) in [6.07, 6.45) is 3.93. The van der Waals surface area contributed by atoms with Gasteiger partial charge in [0.1, 0.15) is 11.6 Å². The average Bonchev–Trinajstić information content (AvgIpc) is 3.25. The first-order valence-corrected chi connectivity index (χ1v) is 11.2. The summed E-state index contributed by atoms with van der Waals surface area (Å²) in [6, 6.07) is 0. The molecule has 2 rings (SSSR count). The molecule has 5 unspecified atom stereocenters. The zero-order chi connectivity index (χ0) is 18.9. The van der Waals surface area contributed by atoms with Gasteiger partial charge in [0, 0.05) is 52.3 Å². The first-order chi connectivity index (χ1) is 12.6. The van der Waals surface area contributed by atoms with Gasteiger partial charge in [-0.3, -0.25) is 9.80 Å². The van der Waals surface area contributed by atoms with Crippen LogP contribution in [0.15, 0.2) is 0 Å². The van der Waals surface area contributed by atoms with Gasteiger partial charge >= 0.3 is 0 Å². The Morgan fingerprint density at radius 1 is 1.12 bits per heavy atom. The third kappa shape index (κ3) is 6.91. The number of rotatable bonds is 12. The third-order valence-electron chi connectivity index (χ3n) is 5.59. The van der Waals surface area contributed by atoms with Crippen LogP contribution < -0.4 is 0 Å². The summed E-state index contributed by atoms with van der Waals surface area (Å²) in [7, 11) is 1.77. The Kier molecular flexibility index (Phi) is 10.2. The van der Waals surface area contributed by atoms with E-state index in [0.29, 0.717) is 25.9 Å². The highest BCUT2D eigenvalue weighted by Gasteiger charge is 2.38. The Morgan fingerprint density at radius 2 is 1.85 bits per heavy atom. The lowest BCUT2D eigenvalue weighted by molar-refractivity contribution is 0.0380. The van der Waals surface area contributed by atoms with Crippen molar-refractivity contribution < 1.29 is 18.6 Å².